The van der Waals surface area contributed by atoms with Gasteiger partial charge in [-0.15, -0.1) is 11.8 Å². The van der Waals surface area contributed by atoms with E-state index in [0.717, 1.165) is 6.42 Å². The molecule has 1 heterocycles. The van der Waals surface area contributed by atoms with Crippen molar-refractivity contribution in [2.24, 2.45) is 0 Å². The van der Waals surface area contributed by atoms with Gasteiger partial charge in [-0.3, -0.25) is 0 Å². The van der Waals surface area contributed by atoms with Gasteiger partial charge in [-0.1, -0.05) is 24.3 Å². The van der Waals surface area contributed by atoms with Crippen molar-refractivity contribution in [3.05, 3.63) is 42.0 Å². The summed E-state index contributed by atoms with van der Waals surface area (Å²) in [5.74, 6) is -0.874. The van der Waals surface area contributed by atoms with Gasteiger partial charge in [0.2, 0.25) is 0 Å². The molecule has 0 saturated heterocycles. The fourth-order valence-corrected chi connectivity index (χ4v) is 2.71. The summed E-state index contributed by atoms with van der Waals surface area (Å²) in [6, 6.07) is 8.20. The quantitative estimate of drug-likeness (QED) is 0.755. The normalized spacial score (nSPS) is 19.9. The number of carboxylic acid groups (broad SMARTS) is 1. The van der Waals surface area contributed by atoms with Crippen molar-refractivity contribution in [2.75, 3.05) is 0 Å². The zero-order valence-electron chi connectivity index (χ0n) is 7.51. The third kappa shape index (κ3) is 1.99. The van der Waals surface area contributed by atoms with E-state index in [4.69, 9.17) is 5.11 Å². The van der Waals surface area contributed by atoms with Crippen LogP contribution in [0.4, 0.5) is 0 Å². The topological polar surface area (TPSA) is 37.3 Å². The summed E-state index contributed by atoms with van der Waals surface area (Å²) in [6.07, 6.45) is 3.92. The van der Waals surface area contributed by atoms with Gasteiger partial charge in [0.15, 0.2) is 0 Å². The predicted octanol–water partition coefficient (Wildman–Crippen LogP) is 2.34. The summed E-state index contributed by atoms with van der Waals surface area (Å²) in [6.45, 7) is 0. The molecule has 2 nitrogen and oxygen atoms in total. The lowest BCUT2D eigenvalue weighted by atomic mass is 10.1. The highest BCUT2D eigenvalue weighted by Gasteiger charge is 2.19. The van der Waals surface area contributed by atoms with Gasteiger partial charge in [0.05, 0.1) is 0 Å². The van der Waals surface area contributed by atoms with Gasteiger partial charge in [-0.25, -0.2) is 4.79 Å². The van der Waals surface area contributed by atoms with Gasteiger partial charge in [0.25, 0.3) is 0 Å². The summed E-state index contributed by atoms with van der Waals surface area (Å²) >= 11 is 1.73. The first-order valence-corrected chi connectivity index (χ1v) is 5.29. The Kier molecular flexibility index (Phi) is 2.59. The number of fused-ring (bicyclic) bond motifs is 1. The monoisotopic (exact) mass is 206 g/mol. The molecule has 2 rings (SSSR count). The molecule has 72 valence electrons. The van der Waals surface area contributed by atoms with Crippen LogP contribution in [-0.4, -0.2) is 16.3 Å². The number of rotatable bonds is 2. The van der Waals surface area contributed by atoms with Crippen LogP contribution in [0.5, 0.6) is 0 Å². The van der Waals surface area contributed by atoms with E-state index in [1.54, 1.807) is 17.8 Å². The molecule has 0 aliphatic carbocycles. The maximum atomic E-state index is 10.3. The second-order valence-electron chi connectivity index (χ2n) is 3.17. The van der Waals surface area contributed by atoms with Crippen LogP contribution >= 0.6 is 11.8 Å². The zero-order chi connectivity index (χ0) is 9.97. The molecule has 1 aromatic carbocycles. The number of carboxylic acids is 1. The van der Waals surface area contributed by atoms with Crippen molar-refractivity contribution >= 4 is 17.7 Å². The highest BCUT2D eigenvalue weighted by Crippen LogP contribution is 2.37. The molecule has 1 unspecified atom stereocenters. The lowest BCUT2D eigenvalue weighted by Gasteiger charge is -1.97. The standard InChI is InChI=1S/C11H10O2S/c12-11(13)6-5-9-7-8-3-1-2-4-10(8)14-9/h1-6,9H,7H2,(H,12,13)/b6-5+. The molecule has 14 heavy (non-hydrogen) atoms. The van der Waals surface area contributed by atoms with Crippen molar-refractivity contribution < 1.29 is 9.90 Å². The molecule has 1 aliphatic rings. The Morgan fingerprint density at radius 1 is 1.50 bits per heavy atom. The fourth-order valence-electron chi connectivity index (χ4n) is 1.51. The number of benzene rings is 1. The average Bonchev–Trinajstić information content (AvgIpc) is 2.57. The van der Waals surface area contributed by atoms with Crippen molar-refractivity contribution in [1.29, 1.82) is 0 Å². The Morgan fingerprint density at radius 3 is 3.00 bits per heavy atom. The molecule has 0 spiro atoms. The molecular formula is C11H10O2S. The Bertz CT molecular complexity index is 360. The maximum Gasteiger partial charge on any atom is 0.328 e. The van der Waals surface area contributed by atoms with E-state index >= 15 is 0 Å². The zero-order valence-corrected chi connectivity index (χ0v) is 8.33. The van der Waals surface area contributed by atoms with Gasteiger partial charge in [0.1, 0.15) is 0 Å². The van der Waals surface area contributed by atoms with Gasteiger partial charge in [0, 0.05) is 16.2 Å². The molecule has 0 bridgehead atoms. The SMILES string of the molecule is O=C(O)/C=C/C1Cc2ccccc2S1. The summed E-state index contributed by atoms with van der Waals surface area (Å²) in [5.41, 5.74) is 1.32. The van der Waals surface area contributed by atoms with Crippen LogP contribution in [0.3, 0.4) is 0 Å². The number of hydrogen-bond acceptors (Lipinski definition) is 2. The Balaban J connectivity index is 2.08. The van der Waals surface area contributed by atoms with Gasteiger partial charge in [-0.2, -0.15) is 0 Å². The fraction of sp³-hybridized carbons (Fsp3) is 0.182. The van der Waals surface area contributed by atoms with Crippen LogP contribution in [-0.2, 0) is 11.2 Å². The smallest absolute Gasteiger partial charge is 0.328 e. The van der Waals surface area contributed by atoms with Crippen LogP contribution in [0.1, 0.15) is 5.56 Å². The van der Waals surface area contributed by atoms with Gasteiger partial charge in [-0.05, 0) is 18.1 Å². The van der Waals surface area contributed by atoms with E-state index < -0.39 is 5.97 Å². The molecule has 0 fully saturated rings. The van der Waals surface area contributed by atoms with Crippen molar-refractivity contribution in [3.63, 3.8) is 0 Å². The van der Waals surface area contributed by atoms with Crippen LogP contribution in [0, 0.1) is 0 Å². The number of hydrogen-bond donors (Lipinski definition) is 1. The second-order valence-corrected chi connectivity index (χ2v) is 4.45. The summed E-state index contributed by atoms with van der Waals surface area (Å²) in [7, 11) is 0. The van der Waals surface area contributed by atoms with E-state index in [-0.39, 0.29) is 5.25 Å². The molecule has 1 N–H and O–H groups in total. The van der Waals surface area contributed by atoms with Gasteiger partial charge >= 0.3 is 5.97 Å². The van der Waals surface area contributed by atoms with Crippen molar-refractivity contribution in [3.8, 4) is 0 Å². The average molecular weight is 206 g/mol. The van der Waals surface area contributed by atoms with E-state index in [0.29, 0.717) is 0 Å². The van der Waals surface area contributed by atoms with Gasteiger partial charge < -0.3 is 5.11 Å². The lowest BCUT2D eigenvalue weighted by molar-refractivity contribution is -0.131. The molecule has 0 amide bonds. The summed E-state index contributed by atoms with van der Waals surface area (Å²) in [5, 5.41) is 8.78. The molecule has 1 atom stereocenters. The molecule has 0 radical (unpaired) electrons. The summed E-state index contributed by atoms with van der Waals surface area (Å²) < 4.78 is 0. The van der Waals surface area contributed by atoms with Crippen molar-refractivity contribution in [1.82, 2.24) is 0 Å². The third-order valence-corrected chi connectivity index (χ3v) is 3.40. The van der Waals surface area contributed by atoms with Crippen LogP contribution < -0.4 is 0 Å². The minimum Gasteiger partial charge on any atom is -0.478 e. The molecule has 0 aromatic heterocycles. The number of aliphatic carboxylic acids is 1. The molecule has 0 saturated carbocycles. The largest absolute Gasteiger partial charge is 0.478 e. The van der Waals surface area contributed by atoms with E-state index in [1.807, 2.05) is 12.1 Å². The first-order valence-electron chi connectivity index (χ1n) is 4.41. The third-order valence-electron chi connectivity index (χ3n) is 2.13. The number of carbonyl (C=O) groups is 1. The van der Waals surface area contributed by atoms with E-state index in [2.05, 4.69) is 12.1 Å². The highest BCUT2D eigenvalue weighted by atomic mass is 32.2. The minimum absolute atomic E-state index is 0.281. The maximum absolute atomic E-state index is 10.3. The molecule has 3 heteroatoms. The molecule has 1 aliphatic heterocycles. The van der Waals surface area contributed by atoms with E-state index in [9.17, 15) is 4.79 Å². The Hall–Kier alpha value is -1.22. The second kappa shape index (κ2) is 3.88. The van der Waals surface area contributed by atoms with Crippen molar-refractivity contribution in [2.45, 2.75) is 16.6 Å². The van der Waals surface area contributed by atoms with E-state index in [1.165, 1.54) is 16.5 Å². The summed E-state index contributed by atoms with van der Waals surface area (Å²) in [4.78, 5) is 11.6. The minimum atomic E-state index is -0.874. The lowest BCUT2D eigenvalue weighted by Crippen LogP contribution is -1.97. The highest BCUT2D eigenvalue weighted by molar-refractivity contribution is 8.00. The molecule has 1 aromatic rings. The number of thioether (sulfide) groups is 1. The van der Waals surface area contributed by atoms with Crippen LogP contribution in [0.15, 0.2) is 41.3 Å². The first-order chi connectivity index (χ1) is 6.75. The molecular weight excluding hydrogens is 196 g/mol. The first kappa shape index (κ1) is 9.34. The Morgan fingerprint density at radius 2 is 2.29 bits per heavy atom. The Labute approximate surface area is 86.6 Å². The van der Waals surface area contributed by atoms with Crippen LogP contribution in [0.2, 0.25) is 0 Å². The van der Waals surface area contributed by atoms with Crippen LogP contribution in [0.25, 0.3) is 0 Å². The predicted molar refractivity (Wildman–Crippen MR) is 56.6 cm³/mol.